The fourth-order valence-electron chi connectivity index (χ4n) is 2.95. The molecule has 0 fully saturated rings. The summed E-state index contributed by atoms with van der Waals surface area (Å²) in [6.45, 7) is 1.87. The van der Waals surface area contributed by atoms with Crippen LogP contribution in [0.5, 0.6) is 0 Å². The first-order valence-corrected chi connectivity index (χ1v) is 11.2. The third-order valence-electron chi connectivity index (χ3n) is 4.47. The van der Waals surface area contributed by atoms with Crippen molar-refractivity contribution in [3.63, 3.8) is 0 Å². The number of hydrogen-bond acceptors (Lipinski definition) is 4. The Morgan fingerprint density at radius 2 is 1.90 bits per heavy atom. The van der Waals surface area contributed by atoms with E-state index in [4.69, 9.17) is 0 Å². The Labute approximate surface area is 181 Å². The Morgan fingerprint density at radius 1 is 1.07 bits per heavy atom. The van der Waals surface area contributed by atoms with Crippen LogP contribution < -0.4 is 10.0 Å². The van der Waals surface area contributed by atoms with Crippen molar-refractivity contribution in [3.8, 4) is 0 Å². The number of fused-ring (bicyclic) bond motifs is 1. The number of nitrogens with zero attached hydrogens (tertiary/aromatic N) is 1. The molecule has 4 aromatic rings. The van der Waals surface area contributed by atoms with Crippen molar-refractivity contribution in [1.82, 2.24) is 10.2 Å². The summed E-state index contributed by atoms with van der Waals surface area (Å²) < 4.78 is 28.9. The molecule has 3 N–H and O–H groups in total. The van der Waals surface area contributed by atoms with Crippen molar-refractivity contribution in [2.24, 2.45) is 0 Å². The van der Waals surface area contributed by atoms with Crippen LogP contribution in [-0.4, -0.2) is 24.5 Å². The van der Waals surface area contributed by atoms with Crippen molar-refractivity contribution in [3.05, 3.63) is 82.5 Å². The molecule has 152 valence electrons. The average molecular weight is 485 g/mol. The summed E-state index contributed by atoms with van der Waals surface area (Å²) in [7, 11) is -3.88. The molecule has 0 saturated heterocycles. The zero-order chi connectivity index (χ0) is 21.3. The maximum atomic E-state index is 12.8. The lowest BCUT2D eigenvalue weighted by Crippen LogP contribution is -2.16. The minimum atomic E-state index is -3.88. The molecule has 0 unspecified atom stereocenters. The van der Waals surface area contributed by atoms with Gasteiger partial charge >= 0.3 is 0 Å². The predicted octanol–water partition coefficient (Wildman–Crippen LogP) is 4.69. The van der Waals surface area contributed by atoms with E-state index in [1.165, 1.54) is 18.2 Å². The number of carbonyl (C=O) groups is 1. The van der Waals surface area contributed by atoms with Gasteiger partial charge in [0.1, 0.15) is 0 Å². The molecule has 0 atom stereocenters. The van der Waals surface area contributed by atoms with Crippen molar-refractivity contribution in [1.29, 1.82) is 0 Å². The number of halogens is 1. The number of aryl methyl sites for hydroxylation is 1. The van der Waals surface area contributed by atoms with Gasteiger partial charge in [-0.2, -0.15) is 5.10 Å². The zero-order valence-corrected chi connectivity index (χ0v) is 18.2. The third kappa shape index (κ3) is 4.22. The van der Waals surface area contributed by atoms with Crippen LogP contribution >= 0.6 is 15.9 Å². The second-order valence-electron chi connectivity index (χ2n) is 6.74. The van der Waals surface area contributed by atoms with E-state index in [2.05, 4.69) is 36.2 Å². The van der Waals surface area contributed by atoms with Crippen molar-refractivity contribution in [2.45, 2.75) is 11.8 Å². The highest BCUT2D eigenvalue weighted by atomic mass is 79.9. The van der Waals surface area contributed by atoms with Gasteiger partial charge in [-0.15, -0.1) is 0 Å². The smallest absolute Gasteiger partial charge is 0.261 e. The predicted molar refractivity (Wildman–Crippen MR) is 120 cm³/mol. The summed E-state index contributed by atoms with van der Waals surface area (Å²) in [5, 5.41) is 10.4. The van der Waals surface area contributed by atoms with Crippen LogP contribution in [0.2, 0.25) is 0 Å². The Hall–Kier alpha value is -3.17. The second-order valence-corrected chi connectivity index (χ2v) is 9.28. The van der Waals surface area contributed by atoms with Crippen LogP contribution in [0.15, 0.2) is 76.2 Å². The molecular weight excluding hydrogens is 468 g/mol. The van der Waals surface area contributed by atoms with Crippen LogP contribution in [0.4, 0.5) is 11.4 Å². The molecule has 1 amide bonds. The van der Waals surface area contributed by atoms with Crippen LogP contribution in [0.3, 0.4) is 0 Å². The summed E-state index contributed by atoms with van der Waals surface area (Å²) in [5.74, 6) is -0.411. The van der Waals surface area contributed by atoms with Gasteiger partial charge in [0.15, 0.2) is 0 Å². The SMILES string of the molecule is Cc1ccc(Br)c(NS(=O)(=O)c2cccc(C(=O)Nc3ccc4[nH]ncc4c3)c2)c1. The Kier molecular flexibility index (Phi) is 5.31. The molecule has 0 saturated carbocycles. The van der Waals surface area contributed by atoms with E-state index in [9.17, 15) is 13.2 Å². The number of H-pyrrole nitrogens is 1. The van der Waals surface area contributed by atoms with E-state index in [-0.39, 0.29) is 10.5 Å². The number of benzene rings is 3. The van der Waals surface area contributed by atoms with Gasteiger partial charge < -0.3 is 5.32 Å². The van der Waals surface area contributed by atoms with Crippen molar-refractivity contribution >= 4 is 54.1 Å². The first kappa shape index (κ1) is 20.1. The molecule has 1 aromatic heterocycles. The monoisotopic (exact) mass is 484 g/mol. The quantitative estimate of drug-likeness (QED) is 0.382. The normalized spacial score (nSPS) is 11.4. The lowest BCUT2D eigenvalue weighted by atomic mass is 10.2. The second kappa shape index (κ2) is 7.92. The van der Waals surface area contributed by atoms with E-state index in [0.29, 0.717) is 15.8 Å². The molecule has 0 aliphatic heterocycles. The van der Waals surface area contributed by atoms with Crippen LogP contribution in [0.1, 0.15) is 15.9 Å². The molecule has 4 rings (SSSR count). The van der Waals surface area contributed by atoms with E-state index in [1.807, 2.05) is 19.1 Å². The third-order valence-corrected chi connectivity index (χ3v) is 6.53. The first-order chi connectivity index (χ1) is 14.3. The van der Waals surface area contributed by atoms with Crippen molar-refractivity contribution < 1.29 is 13.2 Å². The topological polar surface area (TPSA) is 104 Å². The fourth-order valence-corrected chi connectivity index (χ4v) is 4.54. The van der Waals surface area contributed by atoms with Crippen molar-refractivity contribution in [2.75, 3.05) is 10.0 Å². The Morgan fingerprint density at radius 3 is 2.73 bits per heavy atom. The number of aromatic nitrogens is 2. The highest BCUT2D eigenvalue weighted by Crippen LogP contribution is 2.26. The van der Waals surface area contributed by atoms with E-state index < -0.39 is 15.9 Å². The molecular formula is C21H17BrN4O3S. The molecule has 0 spiro atoms. The minimum Gasteiger partial charge on any atom is -0.322 e. The van der Waals surface area contributed by atoms with Gasteiger partial charge in [-0.05, 0) is 76.9 Å². The standard InChI is InChI=1S/C21H17BrN4O3S/c1-13-5-7-18(22)20(9-13)26-30(28,29)17-4-2-3-14(11-17)21(27)24-16-6-8-19-15(10-16)12-23-25-19/h2-12,26H,1H3,(H,23,25)(H,24,27). The number of anilines is 2. The lowest BCUT2D eigenvalue weighted by Gasteiger charge is -2.12. The molecule has 0 aliphatic carbocycles. The summed E-state index contributed by atoms with van der Waals surface area (Å²) >= 11 is 3.35. The van der Waals surface area contributed by atoms with Crippen LogP contribution in [-0.2, 0) is 10.0 Å². The largest absolute Gasteiger partial charge is 0.322 e. The Balaban J connectivity index is 1.57. The number of nitrogens with one attached hydrogen (secondary N) is 3. The molecule has 0 radical (unpaired) electrons. The van der Waals surface area contributed by atoms with Gasteiger partial charge in [0.2, 0.25) is 0 Å². The number of carbonyl (C=O) groups excluding carboxylic acids is 1. The van der Waals surface area contributed by atoms with E-state index in [1.54, 1.807) is 36.5 Å². The number of sulfonamides is 1. The van der Waals surface area contributed by atoms with Crippen LogP contribution in [0.25, 0.3) is 10.9 Å². The molecule has 9 heteroatoms. The average Bonchev–Trinajstić information content (AvgIpc) is 3.18. The molecule has 30 heavy (non-hydrogen) atoms. The number of rotatable bonds is 5. The number of amides is 1. The van der Waals surface area contributed by atoms with Gasteiger partial charge in [0, 0.05) is 21.1 Å². The molecule has 0 bridgehead atoms. The van der Waals surface area contributed by atoms with Gasteiger partial charge in [-0.1, -0.05) is 12.1 Å². The molecule has 7 nitrogen and oxygen atoms in total. The maximum Gasteiger partial charge on any atom is 0.261 e. The molecule has 0 aliphatic rings. The molecule has 1 heterocycles. The molecule has 3 aromatic carbocycles. The lowest BCUT2D eigenvalue weighted by molar-refractivity contribution is 0.102. The van der Waals surface area contributed by atoms with Gasteiger partial charge in [-0.25, -0.2) is 8.42 Å². The number of hydrogen-bond donors (Lipinski definition) is 3. The van der Waals surface area contributed by atoms with E-state index >= 15 is 0 Å². The summed E-state index contributed by atoms with van der Waals surface area (Å²) in [5.41, 5.74) is 3.02. The highest BCUT2D eigenvalue weighted by molar-refractivity contribution is 9.10. The first-order valence-electron chi connectivity index (χ1n) is 8.95. The fraction of sp³-hybridized carbons (Fsp3) is 0.0476. The van der Waals surface area contributed by atoms with E-state index in [0.717, 1.165) is 16.5 Å². The van der Waals surface area contributed by atoms with Gasteiger partial charge in [-0.3, -0.25) is 14.6 Å². The highest BCUT2D eigenvalue weighted by Gasteiger charge is 2.18. The summed E-state index contributed by atoms with van der Waals surface area (Å²) in [6, 6.07) is 16.6. The maximum absolute atomic E-state index is 12.8. The van der Waals surface area contributed by atoms with Crippen LogP contribution in [0, 0.1) is 6.92 Å². The Bertz CT molecular complexity index is 1370. The number of aromatic amines is 1. The summed E-state index contributed by atoms with van der Waals surface area (Å²) in [6.07, 6.45) is 1.66. The van der Waals surface area contributed by atoms with Gasteiger partial charge in [0.05, 0.1) is 22.3 Å². The minimum absolute atomic E-state index is 0.00570. The van der Waals surface area contributed by atoms with Gasteiger partial charge in [0.25, 0.3) is 15.9 Å². The zero-order valence-electron chi connectivity index (χ0n) is 15.8. The summed E-state index contributed by atoms with van der Waals surface area (Å²) in [4.78, 5) is 12.7.